The second kappa shape index (κ2) is 12.5. The van der Waals surface area contributed by atoms with Gasteiger partial charge in [-0.3, -0.25) is 14.7 Å². The summed E-state index contributed by atoms with van der Waals surface area (Å²) in [5.74, 6) is -0.00937. The molecule has 38 heavy (non-hydrogen) atoms. The molecular formula is C29H38ClN7O. The maximum absolute atomic E-state index is 13.6. The Morgan fingerprint density at radius 1 is 1.24 bits per heavy atom. The molecule has 202 valence electrons. The van der Waals surface area contributed by atoms with E-state index in [1.54, 1.807) is 0 Å². The van der Waals surface area contributed by atoms with Crippen molar-refractivity contribution in [2.24, 2.45) is 22.2 Å². The van der Waals surface area contributed by atoms with E-state index in [2.05, 4.69) is 52.3 Å². The molecular weight excluding hydrogens is 498 g/mol. The van der Waals surface area contributed by atoms with Crippen molar-refractivity contribution in [3.05, 3.63) is 82.1 Å². The van der Waals surface area contributed by atoms with Crippen molar-refractivity contribution in [3.63, 3.8) is 0 Å². The molecule has 2 heterocycles. The average Bonchev–Trinajstić information content (AvgIpc) is 3.30. The van der Waals surface area contributed by atoms with Crippen LogP contribution in [0.2, 0.25) is 5.02 Å². The predicted molar refractivity (Wildman–Crippen MR) is 156 cm³/mol. The van der Waals surface area contributed by atoms with Crippen LogP contribution in [-0.2, 0) is 17.6 Å². The number of aryl methyl sites for hydroxylation is 1. The fourth-order valence-electron chi connectivity index (χ4n) is 5.09. The van der Waals surface area contributed by atoms with Crippen LogP contribution in [0.1, 0.15) is 30.0 Å². The third-order valence-corrected chi connectivity index (χ3v) is 7.49. The van der Waals surface area contributed by atoms with Crippen molar-refractivity contribution < 1.29 is 4.79 Å². The number of aliphatic imine (C=N–C) groups is 1. The molecule has 9 heteroatoms. The largest absolute Gasteiger partial charge is 0.370 e. The minimum Gasteiger partial charge on any atom is -0.370 e. The van der Waals surface area contributed by atoms with E-state index in [1.807, 2.05) is 36.1 Å². The maximum atomic E-state index is 13.6. The molecule has 0 aliphatic carbocycles. The van der Waals surface area contributed by atoms with Gasteiger partial charge in [-0.25, -0.2) is 0 Å². The van der Waals surface area contributed by atoms with E-state index in [0.29, 0.717) is 37.5 Å². The van der Waals surface area contributed by atoms with Gasteiger partial charge in [-0.2, -0.15) is 0 Å². The molecule has 1 fully saturated rings. The van der Waals surface area contributed by atoms with E-state index in [9.17, 15) is 4.79 Å². The smallest absolute Gasteiger partial charge is 0.244 e. The second-order valence-corrected chi connectivity index (χ2v) is 10.5. The van der Waals surface area contributed by atoms with Crippen LogP contribution >= 0.6 is 11.6 Å². The van der Waals surface area contributed by atoms with Gasteiger partial charge in [-0.1, -0.05) is 41.9 Å². The normalized spacial score (nSPS) is 18.2. The number of halogens is 1. The highest BCUT2D eigenvalue weighted by Gasteiger charge is 2.32. The molecule has 2 aromatic carbocycles. The van der Waals surface area contributed by atoms with E-state index in [0.717, 1.165) is 35.3 Å². The van der Waals surface area contributed by atoms with Crippen LogP contribution in [0.3, 0.4) is 0 Å². The SMILES string of the molecule is Cc1cc(Cl)ccc1C[C@@H](N)C(=O)N1C[C@@H](C)N(CCc2c[nH]c3ccccc23)C/C1=C\CCN=C(N)N. The number of fused-ring (bicyclic) bond motifs is 1. The van der Waals surface area contributed by atoms with Gasteiger partial charge in [0.05, 0.1) is 6.04 Å². The van der Waals surface area contributed by atoms with Gasteiger partial charge < -0.3 is 27.1 Å². The van der Waals surface area contributed by atoms with E-state index in [-0.39, 0.29) is 17.9 Å². The number of nitrogens with one attached hydrogen (secondary N) is 1. The number of nitrogens with zero attached hydrogens (tertiary/aromatic N) is 3. The van der Waals surface area contributed by atoms with E-state index in [1.165, 1.54) is 10.9 Å². The van der Waals surface area contributed by atoms with E-state index in [4.69, 9.17) is 28.8 Å². The zero-order chi connectivity index (χ0) is 27.2. The van der Waals surface area contributed by atoms with Crippen LogP contribution in [0.5, 0.6) is 0 Å². The van der Waals surface area contributed by atoms with Crippen molar-refractivity contribution in [1.82, 2.24) is 14.8 Å². The first kappa shape index (κ1) is 27.7. The number of nitrogens with two attached hydrogens (primary N) is 3. The average molecular weight is 536 g/mol. The van der Waals surface area contributed by atoms with Crippen LogP contribution in [0, 0.1) is 6.92 Å². The summed E-state index contributed by atoms with van der Waals surface area (Å²) >= 11 is 6.11. The van der Waals surface area contributed by atoms with Crippen LogP contribution < -0.4 is 17.2 Å². The molecule has 0 unspecified atom stereocenters. The molecule has 3 aromatic rings. The van der Waals surface area contributed by atoms with Crippen molar-refractivity contribution in [1.29, 1.82) is 0 Å². The number of H-pyrrole nitrogens is 1. The fraction of sp³-hybridized carbons (Fsp3) is 0.379. The summed E-state index contributed by atoms with van der Waals surface area (Å²) in [4.78, 5) is 25.4. The fourth-order valence-corrected chi connectivity index (χ4v) is 5.32. The van der Waals surface area contributed by atoms with E-state index >= 15 is 0 Å². The number of amides is 1. The molecule has 1 aliphatic rings. The van der Waals surface area contributed by atoms with Crippen LogP contribution in [0.4, 0.5) is 0 Å². The van der Waals surface area contributed by atoms with Crippen LogP contribution in [-0.4, -0.2) is 64.9 Å². The van der Waals surface area contributed by atoms with E-state index < -0.39 is 6.04 Å². The molecule has 0 bridgehead atoms. The summed E-state index contributed by atoms with van der Waals surface area (Å²) in [5.41, 5.74) is 22.9. The number of carbonyl (C=O) groups is 1. The highest BCUT2D eigenvalue weighted by molar-refractivity contribution is 6.30. The Bertz CT molecular complexity index is 1330. The lowest BCUT2D eigenvalue weighted by Crippen LogP contribution is -2.56. The van der Waals surface area contributed by atoms with Gasteiger partial charge in [0.25, 0.3) is 0 Å². The Morgan fingerprint density at radius 3 is 2.79 bits per heavy atom. The predicted octanol–water partition coefficient (Wildman–Crippen LogP) is 3.32. The number of piperazine rings is 1. The number of benzene rings is 2. The zero-order valence-corrected chi connectivity index (χ0v) is 22.9. The number of guanidine groups is 1. The Morgan fingerprint density at radius 2 is 2.03 bits per heavy atom. The maximum Gasteiger partial charge on any atom is 0.244 e. The summed E-state index contributed by atoms with van der Waals surface area (Å²) in [6.07, 6.45) is 6.17. The number of hydrogen-bond donors (Lipinski definition) is 4. The topological polar surface area (TPSA) is 130 Å². The molecule has 1 amide bonds. The third-order valence-electron chi connectivity index (χ3n) is 7.26. The van der Waals surface area contributed by atoms with Crippen molar-refractivity contribution in [3.8, 4) is 0 Å². The zero-order valence-electron chi connectivity index (χ0n) is 22.2. The standard InChI is InChI=1S/C29H38ClN7O/c1-19-14-23(30)10-9-21(19)15-26(31)28(38)37-17-20(2)36(18-24(37)6-5-12-34-29(32)33)13-11-22-16-35-27-8-4-3-7-25(22)27/h3-4,6-10,14,16,20,26,35H,5,11-13,15,17-18,31H2,1-2H3,(H4,32,33,34)/b24-6+/t20-,26-/m1/s1. The first-order valence-electron chi connectivity index (χ1n) is 13.1. The Labute approximate surface area is 229 Å². The minimum atomic E-state index is -0.652. The van der Waals surface area contributed by atoms with Gasteiger partial charge in [0.1, 0.15) is 0 Å². The summed E-state index contributed by atoms with van der Waals surface area (Å²) in [5, 5.41) is 1.93. The Balaban J connectivity index is 1.48. The molecule has 1 aliphatic heterocycles. The molecule has 0 radical (unpaired) electrons. The lowest BCUT2D eigenvalue weighted by Gasteiger charge is -2.42. The number of para-hydroxylation sites is 1. The Hall–Kier alpha value is -3.33. The van der Waals surface area contributed by atoms with Crippen LogP contribution in [0.15, 0.2) is 65.4 Å². The van der Waals surface area contributed by atoms with Crippen molar-refractivity contribution >= 4 is 34.4 Å². The minimum absolute atomic E-state index is 0.0642. The summed E-state index contributed by atoms with van der Waals surface area (Å²) < 4.78 is 0. The molecule has 0 spiro atoms. The van der Waals surface area contributed by atoms with Gasteiger partial charge in [0.15, 0.2) is 5.96 Å². The number of hydrogen-bond acceptors (Lipinski definition) is 4. The summed E-state index contributed by atoms with van der Waals surface area (Å²) in [6, 6.07) is 13.6. The summed E-state index contributed by atoms with van der Waals surface area (Å²) in [7, 11) is 0. The molecule has 1 saturated heterocycles. The van der Waals surface area contributed by atoms with Crippen LogP contribution in [0.25, 0.3) is 10.9 Å². The number of aromatic amines is 1. The van der Waals surface area contributed by atoms with Crippen molar-refractivity contribution in [2.45, 2.75) is 45.2 Å². The van der Waals surface area contributed by atoms with Gasteiger partial charge in [0, 0.05) is 60.0 Å². The Kier molecular flexibility index (Phi) is 9.09. The first-order chi connectivity index (χ1) is 18.2. The number of carbonyl (C=O) groups excluding carboxylic acids is 1. The number of rotatable bonds is 9. The highest BCUT2D eigenvalue weighted by Crippen LogP contribution is 2.24. The summed E-state index contributed by atoms with van der Waals surface area (Å²) in [6.45, 7) is 6.74. The lowest BCUT2D eigenvalue weighted by molar-refractivity contribution is -0.132. The van der Waals surface area contributed by atoms with Crippen molar-refractivity contribution in [2.75, 3.05) is 26.2 Å². The molecule has 8 nitrogen and oxygen atoms in total. The molecule has 2 atom stereocenters. The molecule has 0 saturated carbocycles. The molecule has 4 rings (SSSR count). The molecule has 7 N–H and O–H groups in total. The second-order valence-electron chi connectivity index (χ2n) is 10.0. The monoisotopic (exact) mass is 535 g/mol. The lowest BCUT2D eigenvalue weighted by atomic mass is 9.99. The first-order valence-corrected chi connectivity index (χ1v) is 13.5. The molecule has 1 aromatic heterocycles. The number of aromatic nitrogens is 1. The van der Waals surface area contributed by atoms with Gasteiger partial charge in [0.2, 0.25) is 5.91 Å². The highest BCUT2D eigenvalue weighted by atomic mass is 35.5. The quantitative estimate of drug-likeness (QED) is 0.190. The van der Waals surface area contributed by atoms with Gasteiger partial charge in [-0.15, -0.1) is 0 Å². The van der Waals surface area contributed by atoms with Gasteiger partial charge >= 0.3 is 0 Å². The third kappa shape index (κ3) is 6.75. The van der Waals surface area contributed by atoms with Gasteiger partial charge in [-0.05, 0) is 68.0 Å².